The van der Waals surface area contributed by atoms with Crippen molar-refractivity contribution >= 4 is 17.6 Å². The summed E-state index contributed by atoms with van der Waals surface area (Å²) < 4.78 is 5.28. The smallest absolute Gasteiger partial charge is 0.319 e. The summed E-state index contributed by atoms with van der Waals surface area (Å²) >= 11 is 0. The first kappa shape index (κ1) is 13.2. The lowest BCUT2D eigenvalue weighted by atomic mass is 9.93. The fraction of sp³-hybridized carbons (Fsp3) is 0.385. The highest BCUT2D eigenvalue weighted by Gasteiger charge is 2.19. The Morgan fingerprint density at radius 1 is 1.47 bits per heavy atom. The minimum atomic E-state index is -0.201. The van der Waals surface area contributed by atoms with Crippen LogP contribution in [0.2, 0.25) is 0 Å². The van der Waals surface area contributed by atoms with Gasteiger partial charge in [-0.1, -0.05) is 6.07 Å². The fourth-order valence-electron chi connectivity index (χ4n) is 1.73. The van der Waals surface area contributed by atoms with E-state index in [0.29, 0.717) is 17.5 Å². The predicted molar refractivity (Wildman–Crippen MR) is 73.6 cm³/mol. The molecule has 1 saturated carbocycles. The number of hydrogen-bond acceptors (Lipinski definition) is 3. The molecule has 0 atom stereocenters. The summed E-state index contributed by atoms with van der Waals surface area (Å²) in [5, 5.41) is 12.7. The third kappa shape index (κ3) is 4.17. The summed E-state index contributed by atoms with van der Waals surface area (Å²) in [6.45, 7) is 0.0394. The summed E-state index contributed by atoms with van der Waals surface area (Å²) in [5.74, 6) is 0.526. The second-order valence-corrected chi connectivity index (χ2v) is 4.57. The Bertz CT molecular complexity index is 471. The zero-order valence-electron chi connectivity index (χ0n) is 10.6. The monoisotopic (exact) mass is 262 g/mol. The number of nitrogens with one attached hydrogen (secondary N) is 3. The van der Waals surface area contributed by atoms with E-state index in [1.807, 2.05) is 0 Å². The van der Waals surface area contributed by atoms with Gasteiger partial charge in [0.25, 0.3) is 0 Å². The van der Waals surface area contributed by atoms with Crippen LogP contribution in [0.25, 0.3) is 0 Å². The molecule has 5 N–H and O–H groups in total. The van der Waals surface area contributed by atoms with E-state index in [2.05, 4.69) is 10.6 Å². The van der Waals surface area contributed by atoms with Gasteiger partial charge in [-0.15, -0.1) is 0 Å². The van der Waals surface area contributed by atoms with Gasteiger partial charge in [-0.3, -0.25) is 5.41 Å². The fourth-order valence-corrected chi connectivity index (χ4v) is 1.73. The molecule has 2 rings (SSSR count). The Hall–Kier alpha value is -2.24. The average Bonchev–Trinajstić information content (AvgIpc) is 2.32. The maximum absolute atomic E-state index is 11.7. The first-order chi connectivity index (χ1) is 9.13. The van der Waals surface area contributed by atoms with E-state index in [-0.39, 0.29) is 18.5 Å². The number of anilines is 1. The zero-order valence-corrected chi connectivity index (χ0v) is 10.6. The Labute approximate surface area is 111 Å². The van der Waals surface area contributed by atoms with Gasteiger partial charge >= 0.3 is 6.03 Å². The molecule has 1 aliphatic carbocycles. The number of amides is 2. The number of ether oxygens (including phenoxy) is 1. The van der Waals surface area contributed by atoms with Crippen LogP contribution in [0.4, 0.5) is 10.5 Å². The first-order valence-corrected chi connectivity index (χ1v) is 6.27. The molecular formula is C13H18N4O2. The normalized spacial score (nSPS) is 14.3. The van der Waals surface area contributed by atoms with Crippen molar-refractivity contribution in [1.82, 2.24) is 5.32 Å². The lowest BCUT2D eigenvalue weighted by Crippen LogP contribution is -2.41. The van der Waals surface area contributed by atoms with Crippen molar-refractivity contribution in [3.8, 4) is 5.75 Å². The van der Waals surface area contributed by atoms with Crippen molar-refractivity contribution < 1.29 is 9.53 Å². The van der Waals surface area contributed by atoms with Crippen LogP contribution in [0.5, 0.6) is 5.75 Å². The Kier molecular flexibility index (Phi) is 4.22. The molecule has 0 spiro atoms. The number of amidine groups is 1. The minimum Gasteiger partial charge on any atom is -0.486 e. The highest BCUT2D eigenvalue weighted by Crippen LogP contribution is 2.19. The SMILES string of the molecule is N=C(N)COc1cccc(NC(=O)NC2CCC2)c1. The molecule has 6 nitrogen and oxygen atoms in total. The highest BCUT2D eigenvalue weighted by molar-refractivity contribution is 5.89. The number of nitrogens with two attached hydrogens (primary N) is 1. The number of urea groups is 1. The van der Waals surface area contributed by atoms with E-state index in [1.165, 1.54) is 6.42 Å². The number of carbonyl (C=O) groups excluding carboxylic acids is 1. The lowest BCUT2D eigenvalue weighted by molar-refractivity contribution is 0.240. The van der Waals surface area contributed by atoms with E-state index in [1.54, 1.807) is 24.3 Å². The van der Waals surface area contributed by atoms with Crippen LogP contribution >= 0.6 is 0 Å². The van der Waals surface area contributed by atoms with Gasteiger partial charge in [0.2, 0.25) is 0 Å². The van der Waals surface area contributed by atoms with E-state index in [9.17, 15) is 4.79 Å². The summed E-state index contributed by atoms with van der Waals surface area (Å²) in [4.78, 5) is 11.7. The third-order valence-electron chi connectivity index (χ3n) is 2.93. The number of benzene rings is 1. The molecule has 0 saturated heterocycles. The van der Waals surface area contributed by atoms with Gasteiger partial charge in [-0.2, -0.15) is 0 Å². The molecule has 1 aromatic carbocycles. The minimum absolute atomic E-state index is 0.0394. The van der Waals surface area contributed by atoms with Crippen molar-refractivity contribution in [3.63, 3.8) is 0 Å². The summed E-state index contributed by atoms with van der Waals surface area (Å²) in [7, 11) is 0. The molecule has 0 radical (unpaired) electrons. The zero-order chi connectivity index (χ0) is 13.7. The van der Waals surface area contributed by atoms with Gasteiger partial charge in [0.1, 0.15) is 18.2 Å². The number of carbonyl (C=O) groups is 1. The van der Waals surface area contributed by atoms with Gasteiger partial charge in [0.05, 0.1) is 0 Å². The van der Waals surface area contributed by atoms with Crippen LogP contribution < -0.4 is 21.1 Å². The molecule has 0 heterocycles. The third-order valence-corrected chi connectivity index (χ3v) is 2.93. The average molecular weight is 262 g/mol. The van der Waals surface area contributed by atoms with Crippen LogP contribution in [-0.2, 0) is 0 Å². The molecule has 6 heteroatoms. The summed E-state index contributed by atoms with van der Waals surface area (Å²) in [6.07, 6.45) is 3.28. The molecule has 0 aromatic heterocycles. The second kappa shape index (κ2) is 6.08. The molecule has 1 aromatic rings. The van der Waals surface area contributed by atoms with Crippen molar-refractivity contribution in [3.05, 3.63) is 24.3 Å². The second-order valence-electron chi connectivity index (χ2n) is 4.57. The topological polar surface area (TPSA) is 100 Å². The van der Waals surface area contributed by atoms with E-state index in [4.69, 9.17) is 15.9 Å². The van der Waals surface area contributed by atoms with Crippen molar-refractivity contribution in [2.45, 2.75) is 25.3 Å². The van der Waals surface area contributed by atoms with Crippen molar-refractivity contribution in [2.75, 3.05) is 11.9 Å². The van der Waals surface area contributed by atoms with Gasteiger partial charge in [0.15, 0.2) is 0 Å². The molecule has 0 unspecified atom stereocenters. The highest BCUT2D eigenvalue weighted by atomic mass is 16.5. The van der Waals surface area contributed by atoms with Gasteiger partial charge in [-0.05, 0) is 31.4 Å². The summed E-state index contributed by atoms with van der Waals surface area (Å²) in [6, 6.07) is 7.10. The molecule has 0 aliphatic heterocycles. The van der Waals surface area contributed by atoms with Crippen LogP contribution in [0, 0.1) is 5.41 Å². The molecule has 2 amide bonds. The molecular weight excluding hydrogens is 244 g/mol. The van der Waals surface area contributed by atoms with Crippen LogP contribution in [0.15, 0.2) is 24.3 Å². The van der Waals surface area contributed by atoms with Crippen molar-refractivity contribution in [2.24, 2.45) is 5.73 Å². The Balaban J connectivity index is 1.86. The standard InChI is InChI=1S/C13H18N4O2/c14-12(15)8-19-11-6-2-5-10(7-11)17-13(18)16-9-3-1-4-9/h2,5-7,9H,1,3-4,8H2,(H3,14,15)(H2,16,17,18). The predicted octanol–water partition coefficient (Wildman–Crippen LogP) is 1.68. The van der Waals surface area contributed by atoms with E-state index < -0.39 is 0 Å². The van der Waals surface area contributed by atoms with Crippen LogP contribution in [0.3, 0.4) is 0 Å². The van der Waals surface area contributed by atoms with Crippen LogP contribution in [0.1, 0.15) is 19.3 Å². The molecule has 1 fully saturated rings. The number of rotatable bonds is 5. The Morgan fingerprint density at radius 3 is 2.89 bits per heavy atom. The van der Waals surface area contributed by atoms with E-state index in [0.717, 1.165) is 12.8 Å². The van der Waals surface area contributed by atoms with Crippen LogP contribution in [-0.4, -0.2) is 24.5 Å². The van der Waals surface area contributed by atoms with Gasteiger partial charge in [0, 0.05) is 17.8 Å². The molecule has 0 bridgehead atoms. The van der Waals surface area contributed by atoms with Gasteiger partial charge < -0.3 is 21.1 Å². The largest absolute Gasteiger partial charge is 0.486 e. The maximum Gasteiger partial charge on any atom is 0.319 e. The lowest BCUT2D eigenvalue weighted by Gasteiger charge is -2.26. The molecule has 1 aliphatic rings. The maximum atomic E-state index is 11.7. The van der Waals surface area contributed by atoms with E-state index >= 15 is 0 Å². The molecule has 102 valence electrons. The van der Waals surface area contributed by atoms with Crippen molar-refractivity contribution in [1.29, 1.82) is 5.41 Å². The number of hydrogen-bond donors (Lipinski definition) is 4. The quantitative estimate of drug-likeness (QED) is 0.479. The Morgan fingerprint density at radius 2 is 2.26 bits per heavy atom. The summed E-state index contributed by atoms with van der Waals surface area (Å²) in [5.41, 5.74) is 5.86. The van der Waals surface area contributed by atoms with Gasteiger partial charge in [-0.25, -0.2) is 4.79 Å². The first-order valence-electron chi connectivity index (χ1n) is 6.27. The molecule has 19 heavy (non-hydrogen) atoms.